The number of likely N-dealkylation sites (N-methyl/N-ethyl adjacent to an activating group) is 1. The Kier molecular flexibility index (Phi) is 4.01. The summed E-state index contributed by atoms with van der Waals surface area (Å²) in [7, 11) is 4.09. The van der Waals surface area contributed by atoms with E-state index in [1.54, 1.807) is 6.33 Å². The minimum absolute atomic E-state index is 0.495. The Hall–Kier alpha value is -1.36. The summed E-state index contributed by atoms with van der Waals surface area (Å²) >= 11 is 0. The minimum Gasteiger partial charge on any atom is -0.357 e. The van der Waals surface area contributed by atoms with Crippen molar-refractivity contribution in [3.8, 4) is 0 Å². The van der Waals surface area contributed by atoms with E-state index in [0.29, 0.717) is 12.1 Å². The van der Waals surface area contributed by atoms with Crippen molar-refractivity contribution in [1.29, 1.82) is 0 Å². The van der Waals surface area contributed by atoms with Gasteiger partial charge in [0.2, 0.25) is 0 Å². The Morgan fingerprint density at radius 3 is 2.83 bits per heavy atom. The lowest BCUT2D eigenvalue weighted by Crippen LogP contribution is -2.57. The number of anilines is 2. The Bertz CT molecular complexity index is 389. The van der Waals surface area contributed by atoms with Gasteiger partial charge in [-0.25, -0.2) is 9.97 Å². The lowest BCUT2D eigenvalue weighted by atomic mass is 10.1. The number of hydrogen-bond donors (Lipinski definition) is 1. The van der Waals surface area contributed by atoms with Crippen LogP contribution in [-0.4, -0.2) is 49.2 Å². The van der Waals surface area contributed by atoms with Crippen LogP contribution in [0.5, 0.6) is 0 Å². The summed E-state index contributed by atoms with van der Waals surface area (Å²) < 4.78 is 0. The van der Waals surface area contributed by atoms with Crippen LogP contribution in [0.3, 0.4) is 0 Å². The van der Waals surface area contributed by atoms with Crippen LogP contribution in [0, 0.1) is 0 Å². The van der Waals surface area contributed by atoms with Gasteiger partial charge in [-0.2, -0.15) is 0 Å². The molecule has 0 spiro atoms. The molecular weight excluding hydrogens is 226 g/mol. The third-order valence-electron chi connectivity index (χ3n) is 3.87. The van der Waals surface area contributed by atoms with Crippen molar-refractivity contribution in [1.82, 2.24) is 15.3 Å². The number of rotatable bonds is 5. The standard InChI is InChI=1S/C13H23N5/c1-5-10(2)17(4)12-6-13(16-9-15-12)18-7-11(8-18)14-3/h6,9-11,14H,5,7-8H2,1-4H3. The van der Waals surface area contributed by atoms with Gasteiger partial charge in [0.25, 0.3) is 0 Å². The van der Waals surface area contributed by atoms with E-state index >= 15 is 0 Å². The Morgan fingerprint density at radius 2 is 2.22 bits per heavy atom. The van der Waals surface area contributed by atoms with E-state index in [2.05, 4.69) is 52.0 Å². The number of nitrogens with zero attached hydrogens (tertiary/aromatic N) is 4. The number of aromatic nitrogens is 2. The Morgan fingerprint density at radius 1 is 1.50 bits per heavy atom. The van der Waals surface area contributed by atoms with E-state index in [9.17, 15) is 0 Å². The van der Waals surface area contributed by atoms with Crippen molar-refractivity contribution >= 4 is 11.6 Å². The summed E-state index contributed by atoms with van der Waals surface area (Å²) in [5.41, 5.74) is 0. The molecule has 1 N–H and O–H groups in total. The summed E-state index contributed by atoms with van der Waals surface area (Å²) in [5, 5.41) is 3.27. The molecule has 1 aromatic heterocycles. The van der Waals surface area contributed by atoms with E-state index < -0.39 is 0 Å². The zero-order valence-electron chi connectivity index (χ0n) is 11.7. The average Bonchev–Trinajstić information content (AvgIpc) is 2.36. The summed E-state index contributed by atoms with van der Waals surface area (Å²) in [6, 6.07) is 3.17. The van der Waals surface area contributed by atoms with Crippen LogP contribution < -0.4 is 15.1 Å². The first-order valence-corrected chi connectivity index (χ1v) is 6.62. The van der Waals surface area contributed by atoms with Crippen LogP contribution in [0.1, 0.15) is 20.3 Å². The second-order valence-corrected chi connectivity index (χ2v) is 4.99. The molecule has 2 heterocycles. The molecule has 0 radical (unpaired) electrons. The third kappa shape index (κ3) is 2.56. The summed E-state index contributed by atoms with van der Waals surface area (Å²) in [4.78, 5) is 13.2. The highest BCUT2D eigenvalue weighted by molar-refractivity contribution is 5.52. The van der Waals surface area contributed by atoms with Gasteiger partial charge in [0, 0.05) is 38.3 Å². The summed E-state index contributed by atoms with van der Waals surface area (Å²) in [6.45, 7) is 6.46. The fraction of sp³-hybridized carbons (Fsp3) is 0.692. The van der Waals surface area contributed by atoms with Gasteiger partial charge in [0.05, 0.1) is 0 Å². The third-order valence-corrected chi connectivity index (χ3v) is 3.87. The van der Waals surface area contributed by atoms with Gasteiger partial charge in [-0.05, 0) is 20.4 Å². The molecular formula is C13H23N5. The van der Waals surface area contributed by atoms with Crippen LogP contribution in [0.4, 0.5) is 11.6 Å². The van der Waals surface area contributed by atoms with E-state index in [-0.39, 0.29) is 0 Å². The van der Waals surface area contributed by atoms with Crippen molar-refractivity contribution in [2.24, 2.45) is 0 Å². The topological polar surface area (TPSA) is 44.3 Å². The van der Waals surface area contributed by atoms with Gasteiger partial charge in [-0.1, -0.05) is 6.92 Å². The van der Waals surface area contributed by atoms with Crippen LogP contribution in [0.2, 0.25) is 0 Å². The molecule has 1 fully saturated rings. The van der Waals surface area contributed by atoms with Crippen LogP contribution in [0.25, 0.3) is 0 Å². The number of nitrogens with one attached hydrogen (secondary N) is 1. The molecule has 5 nitrogen and oxygen atoms in total. The van der Waals surface area contributed by atoms with Crippen molar-refractivity contribution in [3.63, 3.8) is 0 Å². The molecule has 1 aromatic rings. The van der Waals surface area contributed by atoms with Crippen LogP contribution >= 0.6 is 0 Å². The van der Waals surface area contributed by atoms with Gasteiger partial charge in [-0.3, -0.25) is 0 Å². The van der Waals surface area contributed by atoms with E-state index in [0.717, 1.165) is 31.1 Å². The fourth-order valence-electron chi connectivity index (χ4n) is 2.05. The van der Waals surface area contributed by atoms with Crippen molar-refractivity contribution < 1.29 is 0 Å². The largest absolute Gasteiger partial charge is 0.357 e. The van der Waals surface area contributed by atoms with Crippen molar-refractivity contribution in [2.45, 2.75) is 32.4 Å². The molecule has 18 heavy (non-hydrogen) atoms. The predicted octanol–water partition coefficient (Wildman–Crippen LogP) is 1.12. The molecule has 0 aliphatic carbocycles. The SMILES string of the molecule is CCC(C)N(C)c1cc(N2CC(NC)C2)ncn1. The maximum atomic E-state index is 4.36. The maximum absolute atomic E-state index is 4.36. The molecule has 0 amide bonds. The monoisotopic (exact) mass is 249 g/mol. The molecule has 1 unspecified atom stereocenters. The maximum Gasteiger partial charge on any atom is 0.134 e. The first kappa shape index (κ1) is 13.1. The van der Waals surface area contributed by atoms with Crippen LogP contribution in [-0.2, 0) is 0 Å². The van der Waals surface area contributed by atoms with Gasteiger partial charge < -0.3 is 15.1 Å². The lowest BCUT2D eigenvalue weighted by Gasteiger charge is -2.40. The molecule has 100 valence electrons. The molecule has 0 aromatic carbocycles. The normalized spacial score (nSPS) is 17.4. The first-order valence-electron chi connectivity index (χ1n) is 6.62. The Balaban J connectivity index is 2.06. The number of hydrogen-bond acceptors (Lipinski definition) is 5. The predicted molar refractivity (Wildman–Crippen MR) is 75.2 cm³/mol. The van der Waals surface area contributed by atoms with Crippen molar-refractivity contribution in [2.75, 3.05) is 37.0 Å². The smallest absolute Gasteiger partial charge is 0.134 e. The minimum atomic E-state index is 0.495. The molecule has 5 heteroatoms. The Labute approximate surface area is 109 Å². The van der Waals surface area contributed by atoms with Crippen molar-refractivity contribution in [3.05, 3.63) is 12.4 Å². The second-order valence-electron chi connectivity index (χ2n) is 4.99. The second kappa shape index (κ2) is 5.52. The zero-order chi connectivity index (χ0) is 13.1. The molecule has 1 atom stereocenters. The van der Waals surface area contributed by atoms with E-state index in [1.165, 1.54) is 0 Å². The fourth-order valence-corrected chi connectivity index (χ4v) is 2.05. The van der Waals surface area contributed by atoms with Gasteiger partial charge in [0.1, 0.15) is 18.0 Å². The van der Waals surface area contributed by atoms with Crippen LogP contribution in [0.15, 0.2) is 12.4 Å². The zero-order valence-corrected chi connectivity index (χ0v) is 11.7. The molecule has 2 rings (SSSR count). The molecule has 0 bridgehead atoms. The quantitative estimate of drug-likeness (QED) is 0.847. The lowest BCUT2D eigenvalue weighted by molar-refractivity contribution is 0.447. The van der Waals surface area contributed by atoms with Gasteiger partial charge >= 0.3 is 0 Å². The van der Waals surface area contributed by atoms with E-state index in [4.69, 9.17) is 0 Å². The highest BCUT2D eigenvalue weighted by Gasteiger charge is 2.26. The molecule has 1 aliphatic heterocycles. The molecule has 1 saturated heterocycles. The van der Waals surface area contributed by atoms with Gasteiger partial charge in [-0.15, -0.1) is 0 Å². The van der Waals surface area contributed by atoms with E-state index in [1.807, 2.05) is 7.05 Å². The summed E-state index contributed by atoms with van der Waals surface area (Å²) in [5.74, 6) is 2.03. The molecule has 1 aliphatic rings. The highest BCUT2D eigenvalue weighted by Crippen LogP contribution is 2.22. The average molecular weight is 249 g/mol. The highest BCUT2D eigenvalue weighted by atomic mass is 15.3. The van der Waals surface area contributed by atoms with Gasteiger partial charge in [0.15, 0.2) is 0 Å². The molecule has 0 saturated carbocycles. The summed E-state index contributed by atoms with van der Waals surface area (Å²) in [6.07, 6.45) is 2.78. The first-order chi connectivity index (χ1) is 8.65.